The number of ether oxygens (including phenoxy) is 3. The van der Waals surface area contributed by atoms with Crippen LogP contribution in [0.5, 0.6) is 17.2 Å². The molecule has 2 aromatic carbocycles. The van der Waals surface area contributed by atoms with Crippen molar-refractivity contribution in [1.82, 2.24) is 15.1 Å². The number of aromatic nitrogens is 2. The lowest BCUT2D eigenvalue weighted by molar-refractivity contribution is -0.128. The second kappa shape index (κ2) is 9.74. The molecule has 1 aromatic heterocycles. The molecule has 9 heteroatoms. The van der Waals surface area contributed by atoms with Crippen LogP contribution < -0.4 is 14.2 Å². The Kier molecular flexibility index (Phi) is 6.61. The molecule has 4 rings (SSSR count). The van der Waals surface area contributed by atoms with E-state index in [1.54, 1.807) is 12.0 Å². The van der Waals surface area contributed by atoms with Crippen LogP contribution in [0, 0.1) is 0 Å². The van der Waals surface area contributed by atoms with Crippen molar-refractivity contribution < 1.29 is 23.4 Å². The topological polar surface area (TPSA) is 86.9 Å². The number of hydrogen-bond donors (Lipinski definition) is 0. The Bertz CT molecular complexity index is 1040. The fourth-order valence-electron chi connectivity index (χ4n) is 3.17. The van der Waals surface area contributed by atoms with Gasteiger partial charge in [0.25, 0.3) is 5.22 Å². The SMILES string of the molecule is CCN(Cc1cccc2c1OCCO2)C(=O)CSc1nnc(-c2ccc(OC)cc2)o1. The van der Waals surface area contributed by atoms with Gasteiger partial charge in [-0.2, -0.15) is 0 Å². The number of benzene rings is 2. The van der Waals surface area contributed by atoms with E-state index >= 15 is 0 Å². The van der Waals surface area contributed by atoms with Gasteiger partial charge in [-0.05, 0) is 37.3 Å². The number of thioether (sulfide) groups is 1. The molecule has 0 aliphatic carbocycles. The molecule has 0 spiro atoms. The third kappa shape index (κ3) is 4.93. The highest BCUT2D eigenvalue weighted by Crippen LogP contribution is 2.34. The maximum atomic E-state index is 12.8. The average Bonchev–Trinajstić information content (AvgIpc) is 3.30. The molecule has 2 heterocycles. The molecule has 162 valence electrons. The summed E-state index contributed by atoms with van der Waals surface area (Å²) in [4.78, 5) is 14.6. The second-order valence-corrected chi connectivity index (χ2v) is 7.67. The van der Waals surface area contributed by atoms with Crippen molar-refractivity contribution >= 4 is 17.7 Å². The van der Waals surface area contributed by atoms with E-state index in [1.165, 1.54) is 11.8 Å². The summed E-state index contributed by atoms with van der Waals surface area (Å²) in [6.45, 7) is 4.01. The van der Waals surface area contributed by atoms with Crippen molar-refractivity contribution in [2.24, 2.45) is 0 Å². The Morgan fingerprint density at radius 3 is 2.71 bits per heavy atom. The number of hydrogen-bond acceptors (Lipinski definition) is 8. The van der Waals surface area contributed by atoms with Crippen LogP contribution >= 0.6 is 11.8 Å². The Labute approximate surface area is 184 Å². The van der Waals surface area contributed by atoms with E-state index < -0.39 is 0 Å². The number of carbonyl (C=O) groups is 1. The van der Waals surface area contributed by atoms with E-state index in [0.717, 1.165) is 22.6 Å². The minimum atomic E-state index is -0.0222. The molecule has 0 bridgehead atoms. The van der Waals surface area contributed by atoms with Crippen LogP contribution in [0.4, 0.5) is 0 Å². The molecule has 1 aliphatic heterocycles. The third-order valence-corrected chi connectivity index (χ3v) is 5.61. The lowest BCUT2D eigenvalue weighted by Crippen LogP contribution is -2.32. The normalized spacial score (nSPS) is 12.5. The van der Waals surface area contributed by atoms with Crippen molar-refractivity contribution in [2.45, 2.75) is 18.7 Å². The highest BCUT2D eigenvalue weighted by molar-refractivity contribution is 7.99. The molecular formula is C22H23N3O5S. The number of rotatable bonds is 8. The van der Waals surface area contributed by atoms with E-state index in [4.69, 9.17) is 18.6 Å². The lowest BCUT2D eigenvalue weighted by Gasteiger charge is -2.25. The van der Waals surface area contributed by atoms with Gasteiger partial charge in [0.05, 0.1) is 12.9 Å². The molecule has 3 aromatic rings. The van der Waals surface area contributed by atoms with Crippen LogP contribution in [-0.2, 0) is 11.3 Å². The molecule has 31 heavy (non-hydrogen) atoms. The van der Waals surface area contributed by atoms with Gasteiger partial charge in [-0.1, -0.05) is 23.9 Å². The average molecular weight is 442 g/mol. The van der Waals surface area contributed by atoms with Gasteiger partial charge in [-0.15, -0.1) is 10.2 Å². The molecule has 0 N–H and O–H groups in total. The summed E-state index contributed by atoms with van der Waals surface area (Å²) in [5.41, 5.74) is 1.72. The van der Waals surface area contributed by atoms with Gasteiger partial charge in [0.2, 0.25) is 11.8 Å². The minimum Gasteiger partial charge on any atom is -0.497 e. The number of nitrogens with zero attached hydrogens (tertiary/aromatic N) is 3. The zero-order valence-corrected chi connectivity index (χ0v) is 18.2. The van der Waals surface area contributed by atoms with Crippen molar-refractivity contribution in [1.29, 1.82) is 0 Å². The van der Waals surface area contributed by atoms with Crippen molar-refractivity contribution in [3.8, 4) is 28.7 Å². The number of para-hydroxylation sites is 1. The van der Waals surface area contributed by atoms with E-state index in [9.17, 15) is 4.79 Å². The number of amides is 1. The molecule has 0 unspecified atom stereocenters. The van der Waals surface area contributed by atoms with Gasteiger partial charge in [0.15, 0.2) is 11.5 Å². The van der Waals surface area contributed by atoms with Gasteiger partial charge < -0.3 is 23.5 Å². The molecule has 0 fully saturated rings. The van der Waals surface area contributed by atoms with Crippen molar-refractivity contribution in [3.05, 3.63) is 48.0 Å². The fourth-order valence-corrected chi connectivity index (χ4v) is 3.84. The minimum absolute atomic E-state index is 0.0222. The van der Waals surface area contributed by atoms with Gasteiger partial charge in [-0.25, -0.2) is 0 Å². The molecule has 1 aliphatic rings. The van der Waals surface area contributed by atoms with Crippen LogP contribution in [0.15, 0.2) is 52.1 Å². The third-order valence-electron chi connectivity index (χ3n) is 4.81. The largest absolute Gasteiger partial charge is 0.497 e. The maximum Gasteiger partial charge on any atom is 0.277 e. The quantitative estimate of drug-likeness (QED) is 0.490. The molecule has 1 amide bonds. The Morgan fingerprint density at radius 1 is 1.13 bits per heavy atom. The first-order valence-corrected chi connectivity index (χ1v) is 10.9. The number of fused-ring (bicyclic) bond motifs is 1. The van der Waals surface area contributed by atoms with Gasteiger partial charge in [-0.3, -0.25) is 4.79 Å². The summed E-state index contributed by atoms with van der Waals surface area (Å²) >= 11 is 1.22. The van der Waals surface area contributed by atoms with Crippen LogP contribution in [0.3, 0.4) is 0 Å². The van der Waals surface area contributed by atoms with E-state index in [-0.39, 0.29) is 11.7 Å². The standard InChI is InChI=1S/C22H23N3O5S/c1-3-25(13-16-5-4-6-18-20(16)29-12-11-28-18)19(26)14-31-22-24-23-21(30-22)15-7-9-17(27-2)10-8-15/h4-10H,3,11-14H2,1-2H3. The van der Waals surface area contributed by atoms with Crippen LogP contribution in [-0.4, -0.2) is 53.6 Å². The summed E-state index contributed by atoms with van der Waals surface area (Å²) in [5.74, 6) is 2.76. The molecule has 0 saturated heterocycles. The molecule has 0 radical (unpaired) electrons. The molecular weight excluding hydrogens is 418 g/mol. The zero-order chi connectivity index (χ0) is 21.6. The molecule has 8 nitrogen and oxygen atoms in total. The predicted octanol–water partition coefficient (Wildman–Crippen LogP) is 3.66. The summed E-state index contributed by atoms with van der Waals surface area (Å²) in [5, 5.41) is 8.46. The Morgan fingerprint density at radius 2 is 1.94 bits per heavy atom. The monoisotopic (exact) mass is 441 g/mol. The fraction of sp³-hybridized carbons (Fsp3) is 0.318. The first kappa shape index (κ1) is 21.0. The summed E-state index contributed by atoms with van der Waals surface area (Å²) in [7, 11) is 1.61. The number of methoxy groups -OCH3 is 1. The van der Waals surface area contributed by atoms with Gasteiger partial charge >= 0.3 is 0 Å². The van der Waals surface area contributed by atoms with E-state index in [2.05, 4.69) is 10.2 Å². The van der Waals surface area contributed by atoms with Gasteiger partial charge in [0.1, 0.15) is 19.0 Å². The number of carbonyl (C=O) groups excluding carboxylic acids is 1. The smallest absolute Gasteiger partial charge is 0.277 e. The van der Waals surface area contributed by atoms with Crippen LogP contribution in [0.1, 0.15) is 12.5 Å². The van der Waals surface area contributed by atoms with E-state index in [0.29, 0.717) is 43.2 Å². The van der Waals surface area contributed by atoms with Crippen molar-refractivity contribution in [3.63, 3.8) is 0 Å². The first-order valence-electron chi connectivity index (χ1n) is 9.94. The van der Waals surface area contributed by atoms with E-state index in [1.807, 2.05) is 49.4 Å². The first-order chi connectivity index (χ1) is 15.2. The second-order valence-electron chi connectivity index (χ2n) is 6.74. The predicted molar refractivity (Wildman–Crippen MR) is 116 cm³/mol. The summed E-state index contributed by atoms with van der Waals surface area (Å²) in [6.07, 6.45) is 0. The van der Waals surface area contributed by atoms with Crippen molar-refractivity contribution in [2.75, 3.05) is 32.6 Å². The summed E-state index contributed by atoms with van der Waals surface area (Å²) < 4.78 is 22.2. The summed E-state index contributed by atoms with van der Waals surface area (Å²) in [6, 6.07) is 13.1. The maximum absolute atomic E-state index is 12.8. The lowest BCUT2D eigenvalue weighted by atomic mass is 10.1. The zero-order valence-electron chi connectivity index (χ0n) is 17.4. The highest BCUT2D eigenvalue weighted by atomic mass is 32.2. The molecule has 0 atom stereocenters. The van der Waals surface area contributed by atoms with Crippen LogP contribution in [0.25, 0.3) is 11.5 Å². The van der Waals surface area contributed by atoms with Crippen LogP contribution in [0.2, 0.25) is 0 Å². The Hall–Kier alpha value is -3.20. The molecule has 0 saturated carbocycles. The Balaban J connectivity index is 1.37. The highest BCUT2D eigenvalue weighted by Gasteiger charge is 2.20. The van der Waals surface area contributed by atoms with Gasteiger partial charge in [0, 0.05) is 24.2 Å².